The van der Waals surface area contributed by atoms with Crippen molar-refractivity contribution in [3.63, 3.8) is 0 Å². The average Bonchev–Trinajstić information content (AvgIpc) is 3.79. The molecule has 6 atom stereocenters. The highest BCUT2D eigenvalue weighted by molar-refractivity contribution is 6.06. The second kappa shape index (κ2) is 9.29. The summed E-state index contributed by atoms with van der Waals surface area (Å²) in [4.78, 5) is 2.47. The van der Waals surface area contributed by atoms with Gasteiger partial charge in [0.05, 0.1) is 0 Å². The molecule has 6 aliphatic rings. The number of furan rings is 1. The molecule has 2 heterocycles. The Hall–Kier alpha value is -4.50. The molecule has 4 fully saturated rings. The summed E-state index contributed by atoms with van der Waals surface area (Å²) in [7, 11) is 0. The predicted molar refractivity (Wildman–Crippen MR) is 206 cm³/mol. The highest BCUT2D eigenvalue weighted by atomic mass is 16.5. The van der Waals surface area contributed by atoms with Crippen LogP contribution in [0.25, 0.3) is 21.9 Å². The molecule has 6 aromatic rings. The standard InChI is InChI=1S/C48H45NO2/c1-45(2)19-20-46(3,4)38-25-31(13-16-35(38)45)49(30-15-18-40-34(24-30)33-9-5-7-11-39(33)50-40)32-14-17-37-42(26-32)51-41-12-8-6-10-36(41)48(37)43-22-28-21-29-23-44(48)47(29,43)27-28/h5-18,24-26,28-29,43-44H,19-23,27H2,1-4H3. The van der Waals surface area contributed by atoms with Crippen LogP contribution in [0, 0.1) is 29.1 Å². The van der Waals surface area contributed by atoms with Crippen molar-refractivity contribution in [2.75, 3.05) is 4.90 Å². The zero-order valence-electron chi connectivity index (χ0n) is 30.1. The summed E-state index contributed by atoms with van der Waals surface area (Å²) in [5.74, 6) is 5.47. The smallest absolute Gasteiger partial charge is 0.135 e. The Morgan fingerprint density at radius 2 is 1.24 bits per heavy atom. The van der Waals surface area contributed by atoms with Gasteiger partial charge in [-0.05, 0) is 138 Å². The fourth-order valence-electron chi connectivity index (χ4n) is 13.2. The Balaban J connectivity index is 1.06. The van der Waals surface area contributed by atoms with Crippen LogP contribution in [0.1, 0.15) is 88.5 Å². The minimum Gasteiger partial charge on any atom is -0.457 e. The average molecular weight is 668 g/mol. The van der Waals surface area contributed by atoms with Gasteiger partial charge in [0.2, 0.25) is 0 Å². The number of hydrogen-bond donors (Lipinski definition) is 0. The van der Waals surface area contributed by atoms with Crippen molar-refractivity contribution in [1.29, 1.82) is 0 Å². The molecule has 3 heteroatoms. The van der Waals surface area contributed by atoms with E-state index >= 15 is 0 Å². The Morgan fingerprint density at radius 3 is 2.10 bits per heavy atom. The van der Waals surface area contributed by atoms with Crippen LogP contribution in [0.4, 0.5) is 17.1 Å². The molecule has 1 aromatic heterocycles. The lowest BCUT2D eigenvalue weighted by molar-refractivity contribution is -0.235. The molecule has 0 saturated heterocycles. The summed E-state index contributed by atoms with van der Waals surface area (Å²) >= 11 is 0. The third-order valence-corrected chi connectivity index (χ3v) is 15.4. The van der Waals surface area contributed by atoms with E-state index in [0.29, 0.717) is 5.41 Å². The van der Waals surface area contributed by atoms with Gasteiger partial charge in [0.25, 0.3) is 0 Å². The zero-order chi connectivity index (χ0) is 34.1. The van der Waals surface area contributed by atoms with Crippen molar-refractivity contribution in [1.82, 2.24) is 0 Å². The molecule has 3 nitrogen and oxygen atoms in total. The maximum absolute atomic E-state index is 6.99. The van der Waals surface area contributed by atoms with E-state index in [1.54, 1.807) is 0 Å². The predicted octanol–water partition coefficient (Wildman–Crippen LogP) is 12.9. The van der Waals surface area contributed by atoms with Gasteiger partial charge < -0.3 is 14.1 Å². The van der Waals surface area contributed by atoms with E-state index in [1.165, 1.54) is 66.5 Å². The third-order valence-electron chi connectivity index (χ3n) is 15.4. The fourth-order valence-corrected chi connectivity index (χ4v) is 13.2. The van der Waals surface area contributed by atoms with Crippen molar-refractivity contribution in [3.05, 3.63) is 125 Å². The molecule has 254 valence electrons. The maximum atomic E-state index is 6.99. The number of hydrogen-bond acceptors (Lipinski definition) is 3. The van der Waals surface area contributed by atoms with Crippen LogP contribution in [0.5, 0.6) is 11.5 Å². The summed E-state index contributed by atoms with van der Waals surface area (Å²) in [5.41, 5.74) is 12.1. The molecule has 0 N–H and O–H groups in total. The lowest BCUT2D eigenvalue weighted by Crippen LogP contribution is -2.74. The normalized spacial score (nSPS) is 30.9. The molecule has 51 heavy (non-hydrogen) atoms. The maximum Gasteiger partial charge on any atom is 0.135 e. The number of nitrogens with zero attached hydrogens (tertiary/aromatic N) is 1. The van der Waals surface area contributed by atoms with Gasteiger partial charge in [0.15, 0.2) is 0 Å². The van der Waals surface area contributed by atoms with Gasteiger partial charge in [-0.1, -0.05) is 76.2 Å². The number of rotatable bonds is 3. The van der Waals surface area contributed by atoms with E-state index in [1.807, 2.05) is 0 Å². The Morgan fingerprint density at radius 1 is 0.569 bits per heavy atom. The molecule has 6 unspecified atom stereocenters. The third kappa shape index (κ3) is 3.43. The van der Waals surface area contributed by atoms with Crippen molar-refractivity contribution >= 4 is 39.0 Å². The summed E-state index contributed by atoms with van der Waals surface area (Å²) in [6, 6.07) is 38.6. The minimum absolute atomic E-state index is 0.0786. The summed E-state index contributed by atoms with van der Waals surface area (Å²) in [6.45, 7) is 9.68. The highest BCUT2D eigenvalue weighted by Gasteiger charge is 2.84. The lowest BCUT2D eigenvalue weighted by atomic mass is 9.26. The topological polar surface area (TPSA) is 25.6 Å². The first-order valence-electron chi connectivity index (χ1n) is 19.5. The van der Waals surface area contributed by atoms with Gasteiger partial charge in [-0.2, -0.15) is 0 Å². The van der Waals surface area contributed by atoms with Gasteiger partial charge in [-0.3, -0.25) is 0 Å². The van der Waals surface area contributed by atoms with E-state index < -0.39 is 0 Å². The van der Waals surface area contributed by atoms with E-state index in [9.17, 15) is 0 Å². The van der Waals surface area contributed by atoms with Crippen LogP contribution >= 0.6 is 0 Å². The lowest BCUT2D eigenvalue weighted by Gasteiger charge is -2.77. The molecule has 0 radical (unpaired) electrons. The van der Waals surface area contributed by atoms with Gasteiger partial charge in [-0.15, -0.1) is 0 Å². The van der Waals surface area contributed by atoms with Crippen molar-refractivity contribution < 1.29 is 9.15 Å². The molecular weight excluding hydrogens is 623 g/mol. The largest absolute Gasteiger partial charge is 0.457 e. The second-order valence-electron chi connectivity index (χ2n) is 18.5. The second-order valence-corrected chi connectivity index (χ2v) is 18.5. The van der Waals surface area contributed by atoms with Crippen molar-refractivity contribution in [2.24, 2.45) is 29.1 Å². The molecule has 2 bridgehead atoms. The Labute approximate surface area is 300 Å². The molecule has 0 amide bonds. The molecule has 1 aliphatic heterocycles. The number of benzene rings is 5. The number of para-hydroxylation sites is 2. The first-order valence-corrected chi connectivity index (χ1v) is 19.5. The summed E-state index contributed by atoms with van der Waals surface area (Å²) < 4.78 is 13.3. The summed E-state index contributed by atoms with van der Waals surface area (Å²) in [6.07, 6.45) is 8.10. The molecule has 4 saturated carbocycles. The van der Waals surface area contributed by atoms with Crippen LogP contribution < -0.4 is 9.64 Å². The summed E-state index contributed by atoms with van der Waals surface area (Å²) in [5, 5.41) is 2.30. The van der Waals surface area contributed by atoms with Crippen molar-refractivity contribution in [3.8, 4) is 11.5 Å². The first kappa shape index (κ1) is 29.1. The van der Waals surface area contributed by atoms with Crippen LogP contribution in [0.15, 0.2) is 108 Å². The number of anilines is 3. The van der Waals surface area contributed by atoms with Crippen molar-refractivity contribution in [2.45, 2.75) is 82.5 Å². The van der Waals surface area contributed by atoms with E-state index in [2.05, 4.69) is 136 Å². The van der Waals surface area contributed by atoms with Gasteiger partial charge in [0.1, 0.15) is 22.7 Å². The van der Waals surface area contributed by atoms with Gasteiger partial charge >= 0.3 is 0 Å². The van der Waals surface area contributed by atoms with E-state index in [0.717, 1.165) is 68.5 Å². The van der Waals surface area contributed by atoms with Crippen LogP contribution in [0.2, 0.25) is 0 Å². The molecule has 12 rings (SSSR count). The highest BCUT2D eigenvalue weighted by Crippen LogP contribution is 2.89. The van der Waals surface area contributed by atoms with Crippen LogP contribution in [-0.2, 0) is 16.2 Å². The first-order chi connectivity index (χ1) is 24.7. The van der Waals surface area contributed by atoms with E-state index in [4.69, 9.17) is 9.15 Å². The van der Waals surface area contributed by atoms with Gasteiger partial charge in [0, 0.05) is 50.4 Å². The van der Waals surface area contributed by atoms with Gasteiger partial charge in [-0.25, -0.2) is 0 Å². The van der Waals surface area contributed by atoms with E-state index in [-0.39, 0.29) is 16.2 Å². The number of fused-ring (bicyclic) bond motifs is 11. The quantitative estimate of drug-likeness (QED) is 0.188. The Bertz CT molecular complexity index is 2480. The molecule has 5 aromatic carbocycles. The fraction of sp³-hybridized carbons (Fsp3) is 0.375. The Kier molecular flexibility index (Phi) is 5.30. The van der Waals surface area contributed by atoms with Crippen LogP contribution in [0.3, 0.4) is 0 Å². The molecular formula is C48H45NO2. The monoisotopic (exact) mass is 667 g/mol. The molecule has 5 aliphatic carbocycles. The van der Waals surface area contributed by atoms with Crippen LogP contribution in [-0.4, -0.2) is 0 Å². The SMILES string of the molecule is CC1(C)CCC(C)(C)c2cc(N(c3ccc4c(c3)Oc3ccccc3C43C4CC5CC6CC3C64C5)c3ccc4oc5ccccc5c4c3)ccc21. The molecule has 2 spiro atoms. The number of ether oxygens (including phenoxy) is 1. The zero-order valence-corrected chi connectivity index (χ0v) is 30.1. The minimum atomic E-state index is 0.0786.